The fourth-order valence-corrected chi connectivity index (χ4v) is 2.68. The minimum atomic E-state index is 0.435. The molecule has 0 fully saturated rings. The number of aryl methyl sites for hydroxylation is 1. The third kappa shape index (κ3) is 2.88. The van der Waals surface area contributed by atoms with Gasteiger partial charge in [0.15, 0.2) is 0 Å². The predicted molar refractivity (Wildman–Crippen MR) is 85.7 cm³/mol. The van der Waals surface area contributed by atoms with Crippen LogP contribution >= 0.6 is 11.6 Å². The van der Waals surface area contributed by atoms with Crippen molar-refractivity contribution < 1.29 is 4.74 Å². The summed E-state index contributed by atoms with van der Waals surface area (Å²) in [5.74, 6) is 1.28. The van der Waals surface area contributed by atoms with E-state index in [1.54, 1.807) is 0 Å². The Morgan fingerprint density at radius 3 is 2.81 bits per heavy atom. The Bertz CT molecular complexity index is 751. The molecule has 3 rings (SSSR count). The van der Waals surface area contributed by atoms with Gasteiger partial charge >= 0.3 is 0 Å². The predicted octanol–water partition coefficient (Wildman–Crippen LogP) is 4.37. The second-order valence-corrected chi connectivity index (χ2v) is 5.16. The van der Waals surface area contributed by atoms with Gasteiger partial charge in [-0.2, -0.15) is 5.10 Å². The molecule has 1 aromatic heterocycles. The zero-order valence-corrected chi connectivity index (χ0v) is 12.7. The molecule has 0 amide bonds. The van der Waals surface area contributed by atoms with Gasteiger partial charge in [0.05, 0.1) is 12.1 Å². The van der Waals surface area contributed by atoms with Gasteiger partial charge in [-0.3, -0.25) is 4.68 Å². The van der Waals surface area contributed by atoms with Crippen molar-refractivity contribution in [3.63, 3.8) is 0 Å². The lowest BCUT2D eigenvalue weighted by atomic mass is 10.0. The van der Waals surface area contributed by atoms with E-state index in [1.807, 2.05) is 35.3 Å². The lowest BCUT2D eigenvalue weighted by molar-refractivity contribution is 0.304. The van der Waals surface area contributed by atoms with E-state index in [0.717, 1.165) is 28.8 Å². The summed E-state index contributed by atoms with van der Waals surface area (Å²) < 4.78 is 7.83. The van der Waals surface area contributed by atoms with Gasteiger partial charge in [0.25, 0.3) is 0 Å². The molecular weight excluding hydrogens is 284 g/mol. The lowest BCUT2D eigenvalue weighted by Crippen LogP contribution is -1.98. The summed E-state index contributed by atoms with van der Waals surface area (Å²) >= 11 is 6.12. The zero-order chi connectivity index (χ0) is 14.7. The Balaban J connectivity index is 1.86. The first-order chi connectivity index (χ1) is 10.3. The van der Waals surface area contributed by atoms with Crippen molar-refractivity contribution in [2.75, 3.05) is 0 Å². The first kappa shape index (κ1) is 14.0. The Hall–Kier alpha value is -2.00. The number of aromatic nitrogens is 2. The van der Waals surface area contributed by atoms with Crippen molar-refractivity contribution in [1.82, 2.24) is 9.78 Å². The molecule has 3 nitrogen and oxygen atoms in total. The van der Waals surface area contributed by atoms with E-state index >= 15 is 0 Å². The van der Waals surface area contributed by atoms with E-state index in [0.29, 0.717) is 12.5 Å². The van der Waals surface area contributed by atoms with Crippen molar-refractivity contribution in [3.05, 3.63) is 59.9 Å². The quantitative estimate of drug-likeness (QED) is 0.654. The highest BCUT2D eigenvalue weighted by Gasteiger charge is 2.08. The van der Waals surface area contributed by atoms with Gasteiger partial charge in [-0.1, -0.05) is 30.3 Å². The summed E-state index contributed by atoms with van der Waals surface area (Å²) in [5, 5.41) is 6.58. The number of ether oxygens (including phenoxy) is 1. The van der Waals surface area contributed by atoms with Gasteiger partial charge in [-0.15, -0.1) is 11.6 Å². The molecule has 4 heteroatoms. The molecule has 21 heavy (non-hydrogen) atoms. The van der Waals surface area contributed by atoms with Gasteiger partial charge < -0.3 is 4.74 Å². The summed E-state index contributed by atoms with van der Waals surface area (Å²) in [6, 6.07) is 12.3. The molecule has 1 heterocycles. The van der Waals surface area contributed by atoms with E-state index < -0.39 is 0 Å². The highest BCUT2D eigenvalue weighted by Crippen LogP contribution is 2.30. The standard InChI is InChI=1S/C17H17ClN2O/c1-2-20-11-13(10-19-20)12-21-17-8-7-14-5-3-4-6-15(14)16(17)9-18/h3-8,10-11H,2,9,12H2,1H3. The highest BCUT2D eigenvalue weighted by molar-refractivity contribution is 6.18. The monoisotopic (exact) mass is 300 g/mol. The van der Waals surface area contributed by atoms with Crippen molar-refractivity contribution in [2.24, 2.45) is 0 Å². The lowest BCUT2D eigenvalue weighted by Gasteiger charge is -2.12. The van der Waals surface area contributed by atoms with Gasteiger partial charge in [-0.25, -0.2) is 0 Å². The third-order valence-electron chi connectivity index (χ3n) is 3.54. The number of hydrogen-bond acceptors (Lipinski definition) is 2. The molecular formula is C17H17ClN2O. The van der Waals surface area contributed by atoms with Gasteiger partial charge in [0.1, 0.15) is 12.4 Å². The van der Waals surface area contributed by atoms with E-state index in [-0.39, 0.29) is 0 Å². The van der Waals surface area contributed by atoms with E-state index in [2.05, 4.69) is 30.2 Å². The van der Waals surface area contributed by atoms with Crippen LogP contribution in [-0.2, 0) is 19.0 Å². The molecule has 0 radical (unpaired) electrons. The SMILES string of the molecule is CCn1cc(COc2ccc3ccccc3c2CCl)cn1. The molecule has 0 unspecified atom stereocenters. The van der Waals surface area contributed by atoms with Crippen LogP contribution in [0.1, 0.15) is 18.1 Å². The molecule has 0 atom stereocenters. The smallest absolute Gasteiger partial charge is 0.124 e. The molecule has 3 aromatic rings. The van der Waals surface area contributed by atoms with Crippen LogP contribution in [0.3, 0.4) is 0 Å². The zero-order valence-electron chi connectivity index (χ0n) is 11.9. The molecule has 0 aliphatic carbocycles. The molecule has 2 aromatic carbocycles. The number of fused-ring (bicyclic) bond motifs is 1. The molecule has 0 N–H and O–H groups in total. The molecule has 0 spiro atoms. The van der Waals surface area contributed by atoms with Gasteiger partial charge in [-0.05, 0) is 23.8 Å². The van der Waals surface area contributed by atoms with Crippen LogP contribution in [0, 0.1) is 0 Å². The van der Waals surface area contributed by atoms with Crippen LogP contribution in [0.4, 0.5) is 0 Å². The van der Waals surface area contributed by atoms with E-state index in [1.165, 1.54) is 5.39 Å². The molecule has 0 bridgehead atoms. The van der Waals surface area contributed by atoms with Crippen LogP contribution in [0.25, 0.3) is 10.8 Å². The summed E-state index contributed by atoms with van der Waals surface area (Å²) in [7, 11) is 0. The van der Waals surface area contributed by atoms with Crippen molar-refractivity contribution in [2.45, 2.75) is 26.0 Å². The van der Waals surface area contributed by atoms with Gasteiger partial charge in [0, 0.05) is 23.9 Å². The minimum absolute atomic E-state index is 0.435. The fourth-order valence-electron chi connectivity index (χ4n) is 2.40. The van der Waals surface area contributed by atoms with E-state index in [9.17, 15) is 0 Å². The number of nitrogens with zero attached hydrogens (tertiary/aromatic N) is 2. The summed E-state index contributed by atoms with van der Waals surface area (Å²) in [6.07, 6.45) is 3.84. The number of hydrogen-bond donors (Lipinski definition) is 0. The topological polar surface area (TPSA) is 27.1 Å². The molecule has 0 saturated carbocycles. The number of alkyl halides is 1. The Kier molecular flexibility index (Phi) is 4.11. The fraction of sp³-hybridized carbons (Fsp3) is 0.235. The molecule has 0 aliphatic heterocycles. The summed E-state index contributed by atoms with van der Waals surface area (Å²) in [5.41, 5.74) is 2.10. The van der Waals surface area contributed by atoms with Crippen molar-refractivity contribution in [3.8, 4) is 5.75 Å². The first-order valence-electron chi connectivity index (χ1n) is 7.02. The molecule has 0 saturated heterocycles. The van der Waals surface area contributed by atoms with Crippen LogP contribution in [0.15, 0.2) is 48.8 Å². The average molecular weight is 301 g/mol. The summed E-state index contributed by atoms with van der Waals surface area (Å²) in [6.45, 7) is 3.43. The number of rotatable bonds is 5. The largest absolute Gasteiger partial charge is 0.488 e. The Morgan fingerprint density at radius 2 is 2.05 bits per heavy atom. The maximum absolute atomic E-state index is 6.12. The van der Waals surface area contributed by atoms with Crippen molar-refractivity contribution in [1.29, 1.82) is 0 Å². The van der Waals surface area contributed by atoms with Crippen LogP contribution in [0.2, 0.25) is 0 Å². The van der Waals surface area contributed by atoms with Crippen LogP contribution in [-0.4, -0.2) is 9.78 Å². The number of halogens is 1. The third-order valence-corrected chi connectivity index (χ3v) is 3.80. The van der Waals surface area contributed by atoms with Gasteiger partial charge in [0.2, 0.25) is 0 Å². The first-order valence-corrected chi connectivity index (χ1v) is 7.56. The van der Waals surface area contributed by atoms with E-state index in [4.69, 9.17) is 16.3 Å². The maximum atomic E-state index is 6.12. The van der Waals surface area contributed by atoms with Crippen LogP contribution in [0.5, 0.6) is 5.75 Å². The Labute approximate surface area is 129 Å². The second kappa shape index (κ2) is 6.19. The highest BCUT2D eigenvalue weighted by atomic mass is 35.5. The minimum Gasteiger partial charge on any atom is -0.488 e. The number of benzene rings is 2. The molecule has 0 aliphatic rings. The van der Waals surface area contributed by atoms with Crippen molar-refractivity contribution >= 4 is 22.4 Å². The second-order valence-electron chi connectivity index (χ2n) is 4.89. The summed E-state index contributed by atoms with van der Waals surface area (Å²) in [4.78, 5) is 0. The molecule has 108 valence electrons. The Morgan fingerprint density at radius 1 is 1.19 bits per heavy atom. The average Bonchev–Trinajstić information content (AvgIpc) is 3.00. The van der Waals surface area contributed by atoms with Crippen LogP contribution < -0.4 is 4.74 Å². The normalized spacial score (nSPS) is 11.0. The maximum Gasteiger partial charge on any atom is 0.124 e.